The highest BCUT2D eigenvalue weighted by atomic mass is 16.3. The summed E-state index contributed by atoms with van der Waals surface area (Å²) in [5.74, 6) is 0.565. The lowest BCUT2D eigenvalue weighted by Gasteiger charge is -2.31. The summed E-state index contributed by atoms with van der Waals surface area (Å²) in [6.07, 6.45) is 3.66. The van der Waals surface area contributed by atoms with E-state index < -0.39 is 0 Å². The summed E-state index contributed by atoms with van der Waals surface area (Å²) in [5, 5.41) is 12.6. The zero-order chi connectivity index (χ0) is 15.9. The van der Waals surface area contributed by atoms with Gasteiger partial charge in [-0.3, -0.25) is 4.79 Å². The Morgan fingerprint density at radius 1 is 1.23 bits per heavy atom. The highest BCUT2D eigenvalue weighted by Crippen LogP contribution is 2.20. The van der Waals surface area contributed by atoms with E-state index in [-0.39, 0.29) is 12.0 Å². The number of aliphatic hydroxyl groups excluding tert-OH is 1. The molecule has 0 spiro atoms. The van der Waals surface area contributed by atoms with Crippen LogP contribution in [0.15, 0.2) is 24.3 Å². The third-order valence-electron chi connectivity index (χ3n) is 4.67. The molecule has 0 aromatic heterocycles. The topological polar surface area (TPSA) is 52.6 Å². The van der Waals surface area contributed by atoms with Crippen molar-refractivity contribution in [2.24, 2.45) is 5.92 Å². The van der Waals surface area contributed by atoms with Crippen molar-refractivity contribution in [3.63, 3.8) is 0 Å². The van der Waals surface area contributed by atoms with Gasteiger partial charge in [-0.1, -0.05) is 26.7 Å². The van der Waals surface area contributed by atoms with Gasteiger partial charge in [-0.05, 0) is 43.0 Å². The summed E-state index contributed by atoms with van der Waals surface area (Å²) < 4.78 is 0. The first-order valence-corrected chi connectivity index (χ1v) is 8.45. The summed E-state index contributed by atoms with van der Waals surface area (Å²) in [7, 11) is 0. The van der Waals surface area contributed by atoms with Crippen LogP contribution in [-0.4, -0.2) is 36.8 Å². The Balaban J connectivity index is 1.89. The van der Waals surface area contributed by atoms with Gasteiger partial charge in [0, 0.05) is 30.9 Å². The molecule has 1 aromatic rings. The van der Waals surface area contributed by atoms with Crippen molar-refractivity contribution in [1.29, 1.82) is 0 Å². The van der Waals surface area contributed by atoms with Gasteiger partial charge in [0.2, 0.25) is 0 Å². The highest BCUT2D eigenvalue weighted by molar-refractivity contribution is 5.94. The number of amides is 1. The Labute approximate surface area is 133 Å². The third kappa shape index (κ3) is 4.47. The molecule has 0 bridgehead atoms. The van der Waals surface area contributed by atoms with Crippen molar-refractivity contribution >= 4 is 11.6 Å². The number of carbonyl (C=O) groups excluding carboxylic acids is 1. The molecule has 1 aromatic carbocycles. The number of piperidine rings is 1. The van der Waals surface area contributed by atoms with Crippen molar-refractivity contribution < 1.29 is 9.90 Å². The third-order valence-corrected chi connectivity index (χ3v) is 4.67. The minimum absolute atomic E-state index is 0.00696. The van der Waals surface area contributed by atoms with Crippen LogP contribution in [0.3, 0.4) is 0 Å². The average molecular weight is 304 g/mol. The van der Waals surface area contributed by atoms with E-state index in [1.807, 2.05) is 24.3 Å². The second-order valence-corrected chi connectivity index (χ2v) is 6.16. The minimum atomic E-state index is -0.161. The SMILES string of the molecule is CCC(CC)CNC(=O)c1ccc(N2CCC(O)CC2)cc1. The molecule has 1 amide bonds. The number of benzene rings is 1. The van der Waals surface area contributed by atoms with Gasteiger partial charge >= 0.3 is 0 Å². The molecule has 2 rings (SSSR count). The first-order valence-electron chi connectivity index (χ1n) is 8.45. The van der Waals surface area contributed by atoms with Crippen LogP contribution in [0, 0.1) is 5.92 Å². The summed E-state index contributed by atoms with van der Waals surface area (Å²) in [6, 6.07) is 7.79. The van der Waals surface area contributed by atoms with Crippen LogP contribution in [0.1, 0.15) is 49.9 Å². The molecule has 1 fully saturated rings. The Morgan fingerprint density at radius 3 is 2.36 bits per heavy atom. The van der Waals surface area contributed by atoms with Crippen LogP contribution < -0.4 is 10.2 Å². The molecule has 4 heteroatoms. The maximum Gasteiger partial charge on any atom is 0.251 e. The van der Waals surface area contributed by atoms with Gasteiger partial charge in [0.15, 0.2) is 0 Å². The summed E-state index contributed by atoms with van der Waals surface area (Å²) >= 11 is 0. The molecule has 122 valence electrons. The molecule has 0 unspecified atom stereocenters. The average Bonchev–Trinajstić information content (AvgIpc) is 2.56. The molecule has 1 saturated heterocycles. The lowest BCUT2D eigenvalue weighted by molar-refractivity contribution is 0.0946. The fraction of sp³-hybridized carbons (Fsp3) is 0.611. The quantitative estimate of drug-likeness (QED) is 0.849. The first kappa shape index (κ1) is 16.8. The second kappa shape index (κ2) is 8.18. The van der Waals surface area contributed by atoms with E-state index in [0.29, 0.717) is 11.5 Å². The molecule has 0 atom stereocenters. The smallest absolute Gasteiger partial charge is 0.251 e. The number of hydrogen-bond acceptors (Lipinski definition) is 3. The zero-order valence-electron chi connectivity index (χ0n) is 13.7. The van der Waals surface area contributed by atoms with Crippen molar-refractivity contribution in [3.8, 4) is 0 Å². The van der Waals surface area contributed by atoms with Gasteiger partial charge in [0.1, 0.15) is 0 Å². The number of aliphatic hydroxyl groups is 1. The van der Waals surface area contributed by atoms with E-state index in [2.05, 4.69) is 24.1 Å². The predicted octanol–water partition coefficient (Wildman–Crippen LogP) is 2.81. The molecule has 0 saturated carbocycles. The molecule has 1 aliphatic rings. The number of hydrogen-bond donors (Lipinski definition) is 2. The second-order valence-electron chi connectivity index (χ2n) is 6.16. The van der Waals surface area contributed by atoms with E-state index in [1.165, 1.54) is 0 Å². The Hall–Kier alpha value is -1.55. The fourth-order valence-corrected chi connectivity index (χ4v) is 2.86. The first-order chi connectivity index (χ1) is 10.6. The van der Waals surface area contributed by atoms with Gasteiger partial charge in [0.05, 0.1) is 6.10 Å². The molecule has 4 nitrogen and oxygen atoms in total. The van der Waals surface area contributed by atoms with E-state index >= 15 is 0 Å². The van der Waals surface area contributed by atoms with Crippen LogP contribution in [0.2, 0.25) is 0 Å². The van der Waals surface area contributed by atoms with Crippen molar-refractivity contribution in [3.05, 3.63) is 29.8 Å². The van der Waals surface area contributed by atoms with Gasteiger partial charge in [-0.25, -0.2) is 0 Å². The molecule has 1 aliphatic heterocycles. The standard InChI is InChI=1S/C18H28N2O2/c1-3-14(4-2)13-19-18(22)15-5-7-16(8-6-15)20-11-9-17(21)10-12-20/h5-8,14,17,21H,3-4,9-13H2,1-2H3,(H,19,22). The summed E-state index contributed by atoms with van der Waals surface area (Å²) in [6.45, 7) is 6.82. The number of carbonyl (C=O) groups is 1. The van der Waals surface area contributed by atoms with Crippen LogP contribution in [-0.2, 0) is 0 Å². The molecule has 2 N–H and O–H groups in total. The van der Waals surface area contributed by atoms with E-state index in [0.717, 1.165) is 51.0 Å². The Kier molecular flexibility index (Phi) is 6.25. The van der Waals surface area contributed by atoms with Gasteiger partial charge < -0.3 is 15.3 Å². The number of rotatable bonds is 6. The largest absolute Gasteiger partial charge is 0.393 e. The van der Waals surface area contributed by atoms with Crippen LogP contribution in [0.5, 0.6) is 0 Å². The summed E-state index contributed by atoms with van der Waals surface area (Å²) in [4.78, 5) is 14.4. The van der Waals surface area contributed by atoms with Crippen LogP contribution in [0.25, 0.3) is 0 Å². The molecule has 0 radical (unpaired) electrons. The molecule has 22 heavy (non-hydrogen) atoms. The van der Waals surface area contributed by atoms with Gasteiger partial charge in [-0.15, -0.1) is 0 Å². The van der Waals surface area contributed by atoms with Crippen LogP contribution in [0.4, 0.5) is 5.69 Å². The number of anilines is 1. The number of nitrogens with zero attached hydrogens (tertiary/aromatic N) is 1. The molecule has 0 aliphatic carbocycles. The fourth-order valence-electron chi connectivity index (χ4n) is 2.86. The molecule has 1 heterocycles. The number of nitrogens with one attached hydrogen (secondary N) is 1. The maximum atomic E-state index is 12.2. The molecular weight excluding hydrogens is 276 g/mol. The maximum absolute atomic E-state index is 12.2. The van der Waals surface area contributed by atoms with Crippen molar-refractivity contribution in [2.75, 3.05) is 24.5 Å². The van der Waals surface area contributed by atoms with Crippen molar-refractivity contribution in [1.82, 2.24) is 5.32 Å². The monoisotopic (exact) mass is 304 g/mol. The van der Waals surface area contributed by atoms with E-state index in [1.54, 1.807) is 0 Å². The zero-order valence-corrected chi connectivity index (χ0v) is 13.7. The van der Waals surface area contributed by atoms with Gasteiger partial charge in [0.25, 0.3) is 5.91 Å². The summed E-state index contributed by atoms with van der Waals surface area (Å²) in [5.41, 5.74) is 1.84. The lowest BCUT2D eigenvalue weighted by Crippen LogP contribution is -2.35. The molecular formula is C18H28N2O2. The van der Waals surface area contributed by atoms with E-state index in [4.69, 9.17) is 0 Å². The van der Waals surface area contributed by atoms with Gasteiger partial charge in [-0.2, -0.15) is 0 Å². The van der Waals surface area contributed by atoms with Crippen molar-refractivity contribution in [2.45, 2.75) is 45.6 Å². The highest BCUT2D eigenvalue weighted by Gasteiger charge is 2.17. The normalized spacial score (nSPS) is 16.1. The minimum Gasteiger partial charge on any atom is -0.393 e. The van der Waals surface area contributed by atoms with Crippen LogP contribution >= 0.6 is 0 Å². The predicted molar refractivity (Wildman–Crippen MR) is 90.3 cm³/mol. The Morgan fingerprint density at radius 2 is 1.82 bits per heavy atom. The van der Waals surface area contributed by atoms with E-state index in [9.17, 15) is 9.90 Å². The Bertz CT molecular complexity index is 460. The lowest BCUT2D eigenvalue weighted by atomic mass is 10.0.